The highest BCUT2D eigenvalue weighted by molar-refractivity contribution is 4.84. The van der Waals surface area contributed by atoms with Crippen molar-refractivity contribution < 1.29 is 0 Å². The maximum Gasteiger partial charge on any atom is 0.0192 e. The van der Waals surface area contributed by atoms with Crippen LogP contribution in [0, 0.1) is 5.92 Å². The Balaban J connectivity index is 1.61. The Morgan fingerprint density at radius 1 is 1.20 bits per heavy atom. The summed E-state index contributed by atoms with van der Waals surface area (Å²) >= 11 is 0. The average Bonchev–Trinajstić information content (AvgIpc) is 2.23. The van der Waals surface area contributed by atoms with Crippen molar-refractivity contribution in [2.45, 2.75) is 58.0 Å². The van der Waals surface area contributed by atoms with Gasteiger partial charge in [-0.05, 0) is 51.6 Å². The van der Waals surface area contributed by atoms with Gasteiger partial charge in [0.1, 0.15) is 0 Å². The number of likely N-dealkylation sites (tertiary alicyclic amines) is 1. The molecule has 1 aliphatic carbocycles. The zero-order chi connectivity index (χ0) is 10.7. The highest BCUT2D eigenvalue weighted by Gasteiger charge is 2.25. The molecule has 1 heterocycles. The summed E-state index contributed by atoms with van der Waals surface area (Å²) in [6.07, 6.45) is 7.05. The summed E-state index contributed by atoms with van der Waals surface area (Å²) in [5.41, 5.74) is 0. The first-order chi connectivity index (χ1) is 7.25. The van der Waals surface area contributed by atoms with Gasteiger partial charge in [-0.2, -0.15) is 0 Å². The molecule has 88 valence electrons. The zero-order valence-electron chi connectivity index (χ0n) is 10.3. The van der Waals surface area contributed by atoms with Crippen LogP contribution in [0.5, 0.6) is 0 Å². The number of hydrogen-bond donors (Lipinski definition) is 1. The van der Waals surface area contributed by atoms with Crippen LogP contribution in [0.1, 0.15) is 46.0 Å². The summed E-state index contributed by atoms with van der Waals surface area (Å²) in [5.74, 6) is 0.966. The number of hydrogen-bond acceptors (Lipinski definition) is 2. The van der Waals surface area contributed by atoms with E-state index in [-0.39, 0.29) is 0 Å². The summed E-state index contributed by atoms with van der Waals surface area (Å²) in [6, 6.07) is 1.56. The van der Waals surface area contributed by atoms with Crippen molar-refractivity contribution in [2.75, 3.05) is 19.6 Å². The van der Waals surface area contributed by atoms with Crippen molar-refractivity contribution in [2.24, 2.45) is 5.92 Å². The van der Waals surface area contributed by atoms with Gasteiger partial charge in [-0.15, -0.1) is 0 Å². The normalized spacial score (nSPS) is 34.8. The lowest BCUT2D eigenvalue weighted by Crippen LogP contribution is -2.48. The molecule has 0 aromatic carbocycles. The van der Waals surface area contributed by atoms with Gasteiger partial charge in [0.05, 0.1) is 0 Å². The average molecular weight is 210 g/mol. The van der Waals surface area contributed by atoms with Crippen LogP contribution >= 0.6 is 0 Å². The molecule has 2 rings (SSSR count). The fourth-order valence-corrected chi connectivity index (χ4v) is 2.89. The Bertz CT molecular complexity index is 181. The lowest BCUT2D eigenvalue weighted by molar-refractivity contribution is 0.154. The molecule has 2 heteroatoms. The van der Waals surface area contributed by atoms with Gasteiger partial charge < -0.3 is 5.32 Å². The van der Waals surface area contributed by atoms with Gasteiger partial charge in [0.2, 0.25) is 0 Å². The fourth-order valence-electron chi connectivity index (χ4n) is 2.89. The molecular weight excluding hydrogens is 184 g/mol. The molecule has 1 N–H and O–H groups in total. The van der Waals surface area contributed by atoms with Crippen molar-refractivity contribution >= 4 is 0 Å². The summed E-state index contributed by atoms with van der Waals surface area (Å²) in [5, 5.41) is 3.70. The van der Waals surface area contributed by atoms with E-state index in [4.69, 9.17) is 0 Å². The van der Waals surface area contributed by atoms with E-state index in [0.29, 0.717) is 0 Å². The molecule has 2 nitrogen and oxygen atoms in total. The van der Waals surface area contributed by atoms with Crippen LogP contribution in [0.25, 0.3) is 0 Å². The maximum atomic E-state index is 3.70. The molecule has 0 amide bonds. The van der Waals surface area contributed by atoms with E-state index in [2.05, 4.69) is 24.1 Å². The molecule has 15 heavy (non-hydrogen) atoms. The first-order valence-electron chi connectivity index (χ1n) is 6.73. The molecule has 1 saturated heterocycles. The van der Waals surface area contributed by atoms with Crippen molar-refractivity contribution in [3.8, 4) is 0 Å². The van der Waals surface area contributed by atoms with Crippen LogP contribution in [0.2, 0.25) is 0 Å². The molecule has 0 aromatic heterocycles. The third-order valence-electron chi connectivity index (χ3n) is 4.09. The molecule has 2 fully saturated rings. The Labute approximate surface area is 94.4 Å². The van der Waals surface area contributed by atoms with Gasteiger partial charge in [-0.3, -0.25) is 4.90 Å². The van der Waals surface area contributed by atoms with E-state index in [9.17, 15) is 0 Å². The highest BCUT2D eigenvalue weighted by atomic mass is 15.2. The van der Waals surface area contributed by atoms with Gasteiger partial charge in [0.25, 0.3) is 0 Å². The molecule has 2 aliphatic rings. The third kappa shape index (κ3) is 3.18. The monoisotopic (exact) mass is 210 g/mol. The topological polar surface area (TPSA) is 15.3 Å². The second kappa shape index (κ2) is 5.31. The van der Waals surface area contributed by atoms with Crippen LogP contribution in [0.15, 0.2) is 0 Å². The van der Waals surface area contributed by atoms with Gasteiger partial charge in [0.15, 0.2) is 0 Å². The smallest absolute Gasteiger partial charge is 0.0192 e. The number of nitrogens with one attached hydrogen (secondary N) is 1. The Kier molecular flexibility index (Phi) is 4.04. The largest absolute Gasteiger partial charge is 0.312 e. The first-order valence-corrected chi connectivity index (χ1v) is 6.73. The van der Waals surface area contributed by atoms with Crippen molar-refractivity contribution in [3.63, 3.8) is 0 Å². The lowest BCUT2D eigenvalue weighted by atomic mass is 9.82. The van der Waals surface area contributed by atoms with E-state index in [1.54, 1.807) is 0 Å². The van der Waals surface area contributed by atoms with Crippen molar-refractivity contribution in [3.05, 3.63) is 0 Å². The van der Waals surface area contributed by atoms with E-state index in [1.165, 1.54) is 51.7 Å². The molecule has 1 aliphatic heterocycles. The van der Waals surface area contributed by atoms with Crippen LogP contribution in [0.3, 0.4) is 0 Å². The molecule has 0 radical (unpaired) electrons. The van der Waals surface area contributed by atoms with Gasteiger partial charge >= 0.3 is 0 Å². The molecule has 1 atom stereocenters. The summed E-state index contributed by atoms with van der Waals surface area (Å²) < 4.78 is 0. The van der Waals surface area contributed by atoms with Crippen molar-refractivity contribution in [1.29, 1.82) is 0 Å². The van der Waals surface area contributed by atoms with Crippen molar-refractivity contribution in [1.82, 2.24) is 10.2 Å². The second-order valence-electron chi connectivity index (χ2n) is 5.63. The third-order valence-corrected chi connectivity index (χ3v) is 4.09. The van der Waals surface area contributed by atoms with Crippen LogP contribution in [-0.2, 0) is 0 Å². The summed E-state index contributed by atoms with van der Waals surface area (Å²) in [7, 11) is 0. The van der Waals surface area contributed by atoms with E-state index < -0.39 is 0 Å². The van der Waals surface area contributed by atoms with Gasteiger partial charge in [0, 0.05) is 18.6 Å². The minimum Gasteiger partial charge on any atom is -0.312 e. The lowest BCUT2D eigenvalue weighted by Gasteiger charge is -2.37. The molecule has 1 saturated carbocycles. The highest BCUT2D eigenvalue weighted by Crippen LogP contribution is 2.26. The van der Waals surface area contributed by atoms with E-state index >= 15 is 0 Å². The first kappa shape index (κ1) is 11.4. The zero-order valence-corrected chi connectivity index (χ0v) is 10.3. The number of nitrogens with zero attached hydrogens (tertiary/aromatic N) is 1. The number of piperidine rings is 1. The standard InChI is InChI=1S/C13H26N2/c1-11-8-13(9-11)14-10-12(2)15-6-4-3-5-7-15/h11-14H,3-10H2,1-2H3. The quantitative estimate of drug-likeness (QED) is 0.765. The predicted molar refractivity (Wildman–Crippen MR) is 65.1 cm³/mol. The SMILES string of the molecule is CC1CC(NCC(C)N2CCCCC2)C1. The van der Waals surface area contributed by atoms with Crippen LogP contribution in [0.4, 0.5) is 0 Å². The molecular formula is C13H26N2. The molecule has 0 spiro atoms. The second-order valence-corrected chi connectivity index (χ2v) is 5.63. The van der Waals surface area contributed by atoms with Crippen LogP contribution < -0.4 is 5.32 Å². The summed E-state index contributed by atoms with van der Waals surface area (Å²) in [6.45, 7) is 8.57. The van der Waals surface area contributed by atoms with E-state index in [0.717, 1.165) is 18.0 Å². The Morgan fingerprint density at radius 2 is 1.87 bits per heavy atom. The Hall–Kier alpha value is -0.0800. The van der Waals surface area contributed by atoms with E-state index in [1.807, 2.05) is 0 Å². The molecule has 1 unspecified atom stereocenters. The predicted octanol–water partition coefficient (Wildman–Crippen LogP) is 2.25. The Morgan fingerprint density at radius 3 is 2.47 bits per heavy atom. The minimum absolute atomic E-state index is 0.737. The molecule has 0 bridgehead atoms. The fraction of sp³-hybridized carbons (Fsp3) is 1.00. The minimum atomic E-state index is 0.737. The maximum absolute atomic E-state index is 3.70. The number of rotatable bonds is 4. The summed E-state index contributed by atoms with van der Waals surface area (Å²) in [4.78, 5) is 2.65. The van der Waals surface area contributed by atoms with Gasteiger partial charge in [-0.25, -0.2) is 0 Å². The van der Waals surface area contributed by atoms with Crippen LogP contribution in [-0.4, -0.2) is 36.6 Å². The molecule has 0 aromatic rings. The van der Waals surface area contributed by atoms with Gasteiger partial charge in [-0.1, -0.05) is 13.3 Å².